The van der Waals surface area contributed by atoms with Gasteiger partial charge in [-0.25, -0.2) is 4.79 Å². The lowest BCUT2D eigenvalue weighted by Gasteiger charge is -2.42. The summed E-state index contributed by atoms with van der Waals surface area (Å²) in [6.45, 7) is 1.87. The smallest absolute Gasteiger partial charge is 0.410 e. The first-order valence-electron chi connectivity index (χ1n) is 6.98. The number of carbonyl (C=O) groups excluding carboxylic acids is 1. The fourth-order valence-corrected chi connectivity index (χ4v) is 2.48. The molecule has 0 radical (unpaired) electrons. The van der Waals surface area contributed by atoms with E-state index >= 15 is 0 Å². The standard InChI is InChI=1S/C15H22N2O3/c1-16-14(7-8-18)13-9-17(10-13)15(19)20-11-12-5-3-2-4-6-12/h2-6,13-14,16,18H,7-11H2,1H3. The number of benzene rings is 1. The van der Waals surface area contributed by atoms with E-state index in [1.807, 2.05) is 37.4 Å². The van der Waals surface area contributed by atoms with Crippen molar-refractivity contribution in [3.63, 3.8) is 0 Å². The second-order valence-corrected chi connectivity index (χ2v) is 5.11. The minimum absolute atomic E-state index is 0.167. The molecule has 1 heterocycles. The average Bonchev–Trinajstić information content (AvgIpc) is 2.43. The lowest BCUT2D eigenvalue weighted by Crippen LogP contribution is -2.57. The fourth-order valence-electron chi connectivity index (χ4n) is 2.48. The summed E-state index contributed by atoms with van der Waals surface area (Å²) in [7, 11) is 1.89. The van der Waals surface area contributed by atoms with Crippen molar-refractivity contribution < 1.29 is 14.6 Å². The molecule has 0 bridgehead atoms. The first-order valence-corrected chi connectivity index (χ1v) is 6.98. The summed E-state index contributed by atoms with van der Waals surface area (Å²) in [5.74, 6) is 0.399. The van der Waals surface area contributed by atoms with Crippen LogP contribution in [0.2, 0.25) is 0 Å². The molecule has 1 amide bonds. The zero-order valence-corrected chi connectivity index (χ0v) is 11.8. The van der Waals surface area contributed by atoms with Crippen LogP contribution in [0.1, 0.15) is 12.0 Å². The molecule has 0 aromatic heterocycles. The molecule has 0 saturated carbocycles. The van der Waals surface area contributed by atoms with Gasteiger partial charge in [-0.15, -0.1) is 0 Å². The number of nitrogens with zero attached hydrogens (tertiary/aromatic N) is 1. The maximum Gasteiger partial charge on any atom is 0.410 e. The number of likely N-dealkylation sites (tertiary alicyclic amines) is 1. The molecule has 1 aromatic rings. The Bertz CT molecular complexity index is 418. The minimum atomic E-state index is -0.260. The fraction of sp³-hybridized carbons (Fsp3) is 0.533. The molecule has 1 unspecified atom stereocenters. The molecule has 2 N–H and O–H groups in total. The average molecular weight is 278 g/mol. The molecule has 5 heteroatoms. The SMILES string of the molecule is CNC(CCO)C1CN(C(=O)OCc2ccccc2)C1. The van der Waals surface area contributed by atoms with E-state index in [1.54, 1.807) is 4.90 Å². The number of rotatable bonds is 6. The molecule has 0 spiro atoms. The number of ether oxygens (including phenoxy) is 1. The third-order valence-corrected chi connectivity index (χ3v) is 3.75. The van der Waals surface area contributed by atoms with Gasteiger partial charge in [0.15, 0.2) is 0 Å². The summed E-state index contributed by atoms with van der Waals surface area (Å²) in [4.78, 5) is 13.6. The topological polar surface area (TPSA) is 61.8 Å². The van der Waals surface area contributed by atoms with Gasteiger partial charge in [-0.3, -0.25) is 0 Å². The van der Waals surface area contributed by atoms with Crippen LogP contribution in [0.4, 0.5) is 4.79 Å². The number of aliphatic hydroxyl groups is 1. The van der Waals surface area contributed by atoms with E-state index in [2.05, 4.69) is 5.32 Å². The van der Waals surface area contributed by atoms with Crippen molar-refractivity contribution in [1.82, 2.24) is 10.2 Å². The van der Waals surface area contributed by atoms with Crippen LogP contribution >= 0.6 is 0 Å². The molecule has 1 aliphatic heterocycles. The van der Waals surface area contributed by atoms with Gasteiger partial charge in [0.25, 0.3) is 0 Å². The molecule has 1 aromatic carbocycles. The molecule has 1 atom stereocenters. The summed E-state index contributed by atoms with van der Waals surface area (Å²) in [6.07, 6.45) is 0.456. The molecule has 1 aliphatic rings. The lowest BCUT2D eigenvalue weighted by molar-refractivity contribution is 0.0353. The Balaban J connectivity index is 1.71. The quantitative estimate of drug-likeness (QED) is 0.821. The largest absolute Gasteiger partial charge is 0.445 e. The molecule has 20 heavy (non-hydrogen) atoms. The van der Waals surface area contributed by atoms with Crippen LogP contribution in [0.15, 0.2) is 30.3 Å². The van der Waals surface area contributed by atoms with Crippen molar-refractivity contribution in [1.29, 1.82) is 0 Å². The van der Waals surface area contributed by atoms with Gasteiger partial charge >= 0.3 is 6.09 Å². The van der Waals surface area contributed by atoms with Crippen LogP contribution in [0.25, 0.3) is 0 Å². The van der Waals surface area contributed by atoms with Gasteiger partial charge in [0.2, 0.25) is 0 Å². The Morgan fingerprint density at radius 1 is 1.45 bits per heavy atom. The van der Waals surface area contributed by atoms with Crippen LogP contribution < -0.4 is 5.32 Å². The number of hydrogen-bond acceptors (Lipinski definition) is 4. The number of hydrogen-bond donors (Lipinski definition) is 2. The highest BCUT2D eigenvalue weighted by Crippen LogP contribution is 2.22. The number of carbonyl (C=O) groups is 1. The van der Waals surface area contributed by atoms with Crippen molar-refractivity contribution in [3.05, 3.63) is 35.9 Å². The van der Waals surface area contributed by atoms with Crippen molar-refractivity contribution in [2.24, 2.45) is 5.92 Å². The van der Waals surface area contributed by atoms with Gasteiger partial charge in [0, 0.05) is 31.7 Å². The summed E-state index contributed by atoms with van der Waals surface area (Å²) in [5, 5.41) is 12.2. The van der Waals surface area contributed by atoms with Crippen molar-refractivity contribution >= 4 is 6.09 Å². The third kappa shape index (κ3) is 3.71. The van der Waals surface area contributed by atoms with E-state index in [4.69, 9.17) is 9.84 Å². The zero-order chi connectivity index (χ0) is 14.4. The van der Waals surface area contributed by atoms with Gasteiger partial charge < -0.3 is 20.1 Å². The Morgan fingerprint density at radius 3 is 2.75 bits per heavy atom. The Labute approximate surface area is 119 Å². The van der Waals surface area contributed by atoms with Gasteiger partial charge in [-0.2, -0.15) is 0 Å². The van der Waals surface area contributed by atoms with E-state index in [0.717, 1.165) is 5.56 Å². The Hall–Kier alpha value is -1.59. The summed E-state index contributed by atoms with van der Waals surface area (Å²) in [6, 6.07) is 9.92. The minimum Gasteiger partial charge on any atom is -0.445 e. The summed E-state index contributed by atoms with van der Waals surface area (Å²) in [5.41, 5.74) is 0.992. The first-order chi connectivity index (χ1) is 9.74. The van der Waals surface area contributed by atoms with E-state index in [-0.39, 0.29) is 18.7 Å². The summed E-state index contributed by atoms with van der Waals surface area (Å²) >= 11 is 0. The molecule has 2 rings (SSSR count). The molecular weight excluding hydrogens is 256 g/mol. The van der Waals surface area contributed by atoms with Gasteiger partial charge in [0.05, 0.1) is 0 Å². The van der Waals surface area contributed by atoms with E-state index in [0.29, 0.717) is 32.0 Å². The predicted octanol–water partition coefficient (Wildman–Crippen LogP) is 1.23. The van der Waals surface area contributed by atoms with Crippen LogP contribution in [-0.2, 0) is 11.3 Å². The van der Waals surface area contributed by atoms with Gasteiger partial charge in [0.1, 0.15) is 6.61 Å². The van der Waals surface area contributed by atoms with E-state index in [1.165, 1.54) is 0 Å². The second kappa shape index (κ2) is 7.26. The van der Waals surface area contributed by atoms with Crippen LogP contribution in [-0.4, -0.2) is 48.9 Å². The maximum absolute atomic E-state index is 11.8. The maximum atomic E-state index is 11.8. The molecule has 110 valence electrons. The van der Waals surface area contributed by atoms with Crippen molar-refractivity contribution in [3.8, 4) is 0 Å². The van der Waals surface area contributed by atoms with Crippen LogP contribution in [0.5, 0.6) is 0 Å². The van der Waals surface area contributed by atoms with E-state index < -0.39 is 0 Å². The zero-order valence-electron chi connectivity index (χ0n) is 11.8. The molecule has 1 fully saturated rings. The molecular formula is C15H22N2O3. The Kier molecular flexibility index (Phi) is 5.38. The highest BCUT2D eigenvalue weighted by Gasteiger charge is 2.36. The van der Waals surface area contributed by atoms with Gasteiger partial charge in [-0.1, -0.05) is 30.3 Å². The predicted molar refractivity (Wildman–Crippen MR) is 76.2 cm³/mol. The molecule has 0 aliphatic carbocycles. The second-order valence-electron chi connectivity index (χ2n) is 5.11. The van der Waals surface area contributed by atoms with E-state index in [9.17, 15) is 4.79 Å². The van der Waals surface area contributed by atoms with Crippen molar-refractivity contribution in [2.45, 2.75) is 19.1 Å². The summed E-state index contributed by atoms with van der Waals surface area (Å²) < 4.78 is 5.27. The van der Waals surface area contributed by atoms with Gasteiger partial charge in [-0.05, 0) is 19.0 Å². The highest BCUT2D eigenvalue weighted by atomic mass is 16.6. The van der Waals surface area contributed by atoms with Crippen LogP contribution in [0.3, 0.4) is 0 Å². The van der Waals surface area contributed by atoms with Crippen molar-refractivity contribution in [2.75, 3.05) is 26.7 Å². The first kappa shape index (κ1) is 14.8. The lowest BCUT2D eigenvalue weighted by atomic mass is 9.90. The number of amides is 1. The monoisotopic (exact) mass is 278 g/mol. The number of aliphatic hydroxyl groups excluding tert-OH is 1. The number of nitrogens with one attached hydrogen (secondary N) is 1. The molecule has 5 nitrogen and oxygen atoms in total. The molecule has 1 saturated heterocycles. The highest BCUT2D eigenvalue weighted by molar-refractivity contribution is 5.68. The van der Waals surface area contributed by atoms with Crippen LogP contribution in [0, 0.1) is 5.92 Å². The Morgan fingerprint density at radius 2 is 2.15 bits per heavy atom. The normalized spacial score (nSPS) is 16.6. The third-order valence-electron chi connectivity index (χ3n) is 3.75.